The number of carboxylic acids is 1. The van der Waals surface area contributed by atoms with Crippen molar-refractivity contribution in [3.8, 4) is 0 Å². The van der Waals surface area contributed by atoms with E-state index in [9.17, 15) is 4.79 Å². The molecule has 1 fully saturated rings. The lowest BCUT2D eigenvalue weighted by Crippen LogP contribution is -2.31. The average Bonchev–Trinajstić information content (AvgIpc) is 2.30. The molecule has 0 atom stereocenters. The van der Waals surface area contributed by atoms with Gasteiger partial charge in [-0.25, -0.2) is 4.98 Å². The summed E-state index contributed by atoms with van der Waals surface area (Å²) < 4.78 is 0. The molecule has 0 saturated carbocycles. The van der Waals surface area contributed by atoms with Crippen LogP contribution in [0.5, 0.6) is 0 Å². The maximum atomic E-state index is 10.8. The molecule has 0 aromatic carbocycles. The van der Waals surface area contributed by atoms with Crippen molar-refractivity contribution in [3.05, 3.63) is 23.9 Å². The van der Waals surface area contributed by atoms with Crippen molar-refractivity contribution in [3.63, 3.8) is 0 Å². The Balaban J connectivity index is 2.20. The van der Waals surface area contributed by atoms with Gasteiger partial charge in [0.05, 0.1) is 6.42 Å². The molecule has 1 aliphatic rings. The summed E-state index contributed by atoms with van der Waals surface area (Å²) in [5.74, 6) is 0.0517. The van der Waals surface area contributed by atoms with Gasteiger partial charge in [0.25, 0.3) is 0 Å². The quantitative estimate of drug-likeness (QED) is 0.842. The van der Waals surface area contributed by atoms with E-state index in [1.807, 2.05) is 6.07 Å². The van der Waals surface area contributed by atoms with E-state index >= 15 is 0 Å². The zero-order chi connectivity index (χ0) is 11.4. The Hall–Kier alpha value is -1.58. The molecule has 86 valence electrons. The second-order valence-corrected chi connectivity index (χ2v) is 4.10. The number of pyridine rings is 1. The molecule has 0 unspecified atom stereocenters. The van der Waals surface area contributed by atoms with Crippen molar-refractivity contribution in [2.75, 3.05) is 18.0 Å². The lowest BCUT2D eigenvalue weighted by Gasteiger charge is -2.29. The molecule has 16 heavy (non-hydrogen) atoms. The predicted octanol–water partition coefficient (Wildman–Crippen LogP) is 1.70. The number of piperidine rings is 1. The standard InChI is InChI=1S/C12H16N2O2/c15-11(16)9-10-5-4-6-13-12(10)14-7-2-1-3-8-14/h4-6H,1-3,7-9H2,(H,15,16). The Morgan fingerprint density at radius 2 is 2.12 bits per heavy atom. The Kier molecular flexibility index (Phi) is 3.39. The summed E-state index contributed by atoms with van der Waals surface area (Å²) in [5, 5.41) is 8.84. The van der Waals surface area contributed by atoms with E-state index in [0.717, 1.165) is 24.5 Å². The first-order valence-corrected chi connectivity index (χ1v) is 5.68. The van der Waals surface area contributed by atoms with Crippen molar-refractivity contribution >= 4 is 11.8 Å². The van der Waals surface area contributed by atoms with Crippen LogP contribution in [0.3, 0.4) is 0 Å². The maximum absolute atomic E-state index is 10.8. The number of hydrogen-bond acceptors (Lipinski definition) is 3. The lowest BCUT2D eigenvalue weighted by atomic mass is 10.1. The van der Waals surface area contributed by atoms with E-state index in [1.165, 1.54) is 19.3 Å². The third-order valence-electron chi connectivity index (χ3n) is 2.86. The van der Waals surface area contributed by atoms with Gasteiger partial charge in [-0.3, -0.25) is 4.79 Å². The van der Waals surface area contributed by atoms with Gasteiger partial charge in [0.1, 0.15) is 5.82 Å². The van der Waals surface area contributed by atoms with E-state index < -0.39 is 5.97 Å². The number of rotatable bonds is 3. The molecular formula is C12H16N2O2. The molecule has 2 rings (SSSR count). The largest absolute Gasteiger partial charge is 0.481 e. The molecule has 0 bridgehead atoms. The molecular weight excluding hydrogens is 204 g/mol. The molecule has 1 saturated heterocycles. The minimum Gasteiger partial charge on any atom is -0.481 e. The number of anilines is 1. The smallest absolute Gasteiger partial charge is 0.307 e. The van der Waals surface area contributed by atoms with Crippen LogP contribution in [-0.2, 0) is 11.2 Å². The number of aromatic nitrogens is 1. The highest BCUT2D eigenvalue weighted by atomic mass is 16.4. The van der Waals surface area contributed by atoms with Crippen LogP contribution in [0.2, 0.25) is 0 Å². The minimum absolute atomic E-state index is 0.0552. The monoisotopic (exact) mass is 220 g/mol. The normalized spacial score (nSPS) is 16.1. The van der Waals surface area contributed by atoms with Crippen LogP contribution >= 0.6 is 0 Å². The minimum atomic E-state index is -0.800. The first kappa shape index (κ1) is 10.9. The summed E-state index contributed by atoms with van der Waals surface area (Å²) in [7, 11) is 0. The molecule has 1 aromatic heterocycles. The second kappa shape index (κ2) is 4.96. The van der Waals surface area contributed by atoms with Crippen molar-refractivity contribution < 1.29 is 9.90 Å². The van der Waals surface area contributed by atoms with E-state index in [4.69, 9.17) is 5.11 Å². The molecule has 4 heteroatoms. The Morgan fingerprint density at radius 1 is 1.38 bits per heavy atom. The molecule has 0 aliphatic carbocycles. The summed E-state index contributed by atoms with van der Waals surface area (Å²) in [6, 6.07) is 3.65. The van der Waals surface area contributed by atoms with Crippen LogP contribution in [0.15, 0.2) is 18.3 Å². The van der Waals surface area contributed by atoms with Crippen LogP contribution in [0.25, 0.3) is 0 Å². The molecule has 0 spiro atoms. The summed E-state index contributed by atoms with van der Waals surface area (Å²) in [6.45, 7) is 1.98. The topological polar surface area (TPSA) is 53.4 Å². The van der Waals surface area contributed by atoms with Gasteiger partial charge < -0.3 is 10.0 Å². The van der Waals surface area contributed by atoms with Crippen molar-refractivity contribution in [2.45, 2.75) is 25.7 Å². The van der Waals surface area contributed by atoms with E-state index in [0.29, 0.717) is 0 Å². The third kappa shape index (κ3) is 2.51. The first-order chi connectivity index (χ1) is 7.77. The number of carboxylic acid groups (broad SMARTS) is 1. The highest BCUT2D eigenvalue weighted by Gasteiger charge is 2.16. The van der Waals surface area contributed by atoms with Gasteiger partial charge in [0.15, 0.2) is 0 Å². The summed E-state index contributed by atoms with van der Waals surface area (Å²) in [6.07, 6.45) is 5.39. The average molecular weight is 220 g/mol. The van der Waals surface area contributed by atoms with Gasteiger partial charge in [-0.1, -0.05) is 6.07 Å². The summed E-state index contributed by atoms with van der Waals surface area (Å²) in [4.78, 5) is 17.3. The van der Waals surface area contributed by atoms with Crippen LogP contribution in [0.4, 0.5) is 5.82 Å². The van der Waals surface area contributed by atoms with Gasteiger partial charge >= 0.3 is 5.97 Å². The SMILES string of the molecule is O=C(O)Cc1cccnc1N1CCCCC1. The van der Waals surface area contributed by atoms with Crippen molar-refractivity contribution in [1.82, 2.24) is 4.98 Å². The summed E-state index contributed by atoms with van der Waals surface area (Å²) >= 11 is 0. The molecule has 0 radical (unpaired) electrons. The highest BCUT2D eigenvalue weighted by Crippen LogP contribution is 2.21. The number of nitrogens with zero attached hydrogens (tertiary/aromatic N) is 2. The molecule has 1 N–H and O–H groups in total. The maximum Gasteiger partial charge on any atom is 0.307 e. The molecule has 2 heterocycles. The number of aliphatic carboxylic acids is 1. The van der Waals surface area contributed by atoms with Crippen molar-refractivity contribution in [2.24, 2.45) is 0 Å². The van der Waals surface area contributed by atoms with Crippen LogP contribution in [0, 0.1) is 0 Å². The van der Waals surface area contributed by atoms with E-state index in [2.05, 4.69) is 9.88 Å². The lowest BCUT2D eigenvalue weighted by molar-refractivity contribution is -0.136. The highest BCUT2D eigenvalue weighted by molar-refractivity contribution is 5.72. The number of carbonyl (C=O) groups is 1. The Bertz CT molecular complexity index is 373. The molecule has 1 aliphatic heterocycles. The second-order valence-electron chi connectivity index (χ2n) is 4.10. The first-order valence-electron chi connectivity index (χ1n) is 5.68. The van der Waals surface area contributed by atoms with E-state index in [1.54, 1.807) is 12.3 Å². The van der Waals surface area contributed by atoms with Gasteiger partial charge in [-0.15, -0.1) is 0 Å². The fourth-order valence-corrected chi connectivity index (χ4v) is 2.12. The predicted molar refractivity (Wildman–Crippen MR) is 61.6 cm³/mol. The summed E-state index contributed by atoms with van der Waals surface area (Å²) in [5.41, 5.74) is 0.817. The van der Waals surface area contributed by atoms with Crippen LogP contribution < -0.4 is 4.90 Å². The fourth-order valence-electron chi connectivity index (χ4n) is 2.12. The van der Waals surface area contributed by atoms with Gasteiger partial charge in [-0.2, -0.15) is 0 Å². The van der Waals surface area contributed by atoms with Gasteiger partial charge in [-0.05, 0) is 25.3 Å². The zero-order valence-corrected chi connectivity index (χ0v) is 9.22. The molecule has 0 amide bonds. The van der Waals surface area contributed by atoms with E-state index in [-0.39, 0.29) is 6.42 Å². The van der Waals surface area contributed by atoms with Crippen LogP contribution in [0.1, 0.15) is 24.8 Å². The molecule has 1 aromatic rings. The Morgan fingerprint density at radius 3 is 2.81 bits per heavy atom. The number of hydrogen-bond donors (Lipinski definition) is 1. The van der Waals surface area contributed by atoms with Gasteiger partial charge in [0.2, 0.25) is 0 Å². The Labute approximate surface area is 94.9 Å². The fraction of sp³-hybridized carbons (Fsp3) is 0.500. The van der Waals surface area contributed by atoms with Crippen molar-refractivity contribution in [1.29, 1.82) is 0 Å². The van der Waals surface area contributed by atoms with Crippen LogP contribution in [-0.4, -0.2) is 29.1 Å². The zero-order valence-electron chi connectivity index (χ0n) is 9.22. The third-order valence-corrected chi connectivity index (χ3v) is 2.86. The molecule has 4 nitrogen and oxygen atoms in total. The van der Waals surface area contributed by atoms with Gasteiger partial charge in [0, 0.05) is 24.8 Å².